The van der Waals surface area contributed by atoms with E-state index in [4.69, 9.17) is 0 Å². The molecule has 0 bridgehead atoms. The van der Waals surface area contributed by atoms with Crippen molar-refractivity contribution in [1.29, 1.82) is 0 Å². The van der Waals surface area contributed by atoms with Gasteiger partial charge in [0.1, 0.15) is 5.82 Å². The zero-order chi connectivity index (χ0) is 9.10. The fourth-order valence-electron chi connectivity index (χ4n) is 1.25. The van der Waals surface area contributed by atoms with Crippen molar-refractivity contribution in [2.75, 3.05) is 0 Å². The Morgan fingerprint density at radius 3 is 3.08 bits per heavy atom. The second-order valence-electron chi connectivity index (χ2n) is 3.47. The van der Waals surface area contributed by atoms with Crippen LogP contribution in [-0.4, -0.2) is 16.0 Å². The lowest BCUT2D eigenvalue weighted by Gasteiger charge is -2.02. The predicted molar refractivity (Wildman–Crippen MR) is 51.3 cm³/mol. The number of aromatic nitrogens is 2. The van der Waals surface area contributed by atoms with E-state index in [0.717, 1.165) is 30.5 Å². The lowest BCUT2D eigenvalue weighted by Crippen LogP contribution is -2.17. The van der Waals surface area contributed by atoms with E-state index in [1.807, 2.05) is 12.3 Å². The Bertz CT molecular complexity index is 281. The zero-order valence-electron chi connectivity index (χ0n) is 7.95. The van der Waals surface area contributed by atoms with Crippen LogP contribution in [0, 0.1) is 0 Å². The summed E-state index contributed by atoms with van der Waals surface area (Å²) in [7, 11) is 0. The van der Waals surface area contributed by atoms with Crippen LogP contribution >= 0.6 is 0 Å². The van der Waals surface area contributed by atoms with Crippen LogP contribution in [0.2, 0.25) is 0 Å². The lowest BCUT2D eigenvalue weighted by molar-refractivity contribution is 0.653. The summed E-state index contributed by atoms with van der Waals surface area (Å²) in [6.45, 7) is 2.93. The molecule has 3 nitrogen and oxygen atoms in total. The highest BCUT2D eigenvalue weighted by atomic mass is 15.0. The van der Waals surface area contributed by atoms with Crippen LogP contribution in [0.25, 0.3) is 0 Å². The Hall–Kier alpha value is -0.960. The van der Waals surface area contributed by atoms with Crippen molar-refractivity contribution in [3.63, 3.8) is 0 Å². The van der Waals surface area contributed by atoms with E-state index in [9.17, 15) is 0 Å². The summed E-state index contributed by atoms with van der Waals surface area (Å²) in [4.78, 5) is 8.63. The van der Waals surface area contributed by atoms with Crippen LogP contribution in [-0.2, 0) is 13.0 Å². The summed E-state index contributed by atoms with van der Waals surface area (Å²) < 4.78 is 0. The summed E-state index contributed by atoms with van der Waals surface area (Å²) in [6, 6.07) is 2.70. The van der Waals surface area contributed by atoms with Gasteiger partial charge in [-0.2, -0.15) is 0 Å². The van der Waals surface area contributed by atoms with Gasteiger partial charge in [-0.1, -0.05) is 6.92 Å². The Labute approximate surface area is 78.6 Å². The molecule has 0 amide bonds. The highest BCUT2D eigenvalue weighted by Crippen LogP contribution is 2.18. The van der Waals surface area contributed by atoms with E-state index in [2.05, 4.69) is 22.2 Å². The van der Waals surface area contributed by atoms with Gasteiger partial charge in [0.05, 0.1) is 6.54 Å². The quantitative estimate of drug-likeness (QED) is 0.753. The molecule has 0 unspecified atom stereocenters. The molecule has 13 heavy (non-hydrogen) atoms. The first kappa shape index (κ1) is 8.63. The normalized spacial score (nSPS) is 16.1. The van der Waals surface area contributed by atoms with Crippen molar-refractivity contribution in [2.45, 2.75) is 38.8 Å². The van der Waals surface area contributed by atoms with E-state index < -0.39 is 0 Å². The van der Waals surface area contributed by atoms with Crippen LogP contribution in [0.5, 0.6) is 0 Å². The molecule has 0 spiro atoms. The first-order valence-corrected chi connectivity index (χ1v) is 4.92. The second-order valence-corrected chi connectivity index (χ2v) is 3.47. The van der Waals surface area contributed by atoms with Gasteiger partial charge < -0.3 is 5.32 Å². The van der Waals surface area contributed by atoms with Gasteiger partial charge in [0.2, 0.25) is 0 Å². The first-order valence-electron chi connectivity index (χ1n) is 4.92. The van der Waals surface area contributed by atoms with Crippen molar-refractivity contribution in [3.8, 4) is 0 Å². The second kappa shape index (κ2) is 3.83. The van der Waals surface area contributed by atoms with Crippen LogP contribution in [0.1, 0.15) is 31.3 Å². The maximum Gasteiger partial charge on any atom is 0.142 e. The van der Waals surface area contributed by atoms with E-state index in [1.165, 1.54) is 12.8 Å². The first-order chi connectivity index (χ1) is 6.38. The summed E-state index contributed by atoms with van der Waals surface area (Å²) in [6.07, 6.45) is 5.45. The van der Waals surface area contributed by atoms with Crippen LogP contribution < -0.4 is 5.32 Å². The number of nitrogens with one attached hydrogen (secondary N) is 1. The standard InChI is InChI=1S/C10H15N3/c1-2-8-5-6-11-10(13-8)7-12-9-3-4-9/h5-6,9,12H,2-4,7H2,1H3. The monoisotopic (exact) mass is 177 g/mol. The van der Waals surface area contributed by atoms with Gasteiger partial charge in [-0.15, -0.1) is 0 Å². The highest BCUT2D eigenvalue weighted by Gasteiger charge is 2.20. The molecule has 1 aromatic rings. The van der Waals surface area contributed by atoms with Crippen molar-refractivity contribution >= 4 is 0 Å². The van der Waals surface area contributed by atoms with Gasteiger partial charge in [-0.05, 0) is 25.3 Å². The van der Waals surface area contributed by atoms with Crippen molar-refractivity contribution in [2.24, 2.45) is 0 Å². The zero-order valence-corrected chi connectivity index (χ0v) is 7.95. The van der Waals surface area contributed by atoms with Gasteiger partial charge in [-0.25, -0.2) is 9.97 Å². The van der Waals surface area contributed by atoms with E-state index in [0.29, 0.717) is 0 Å². The maximum atomic E-state index is 4.42. The van der Waals surface area contributed by atoms with E-state index >= 15 is 0 Å². The smallest absolute Gasteiger partial charge is 0.142 e. The van der Waals surface area contributed by atoms with E-state index in [1.54, 1.807) is 0 Å². The molecular weight excluding hydrogens is 162 g/mol. The van der Waals surface area contributed by atoms with Gasteiger partial charge >= 0.3 is 0 Å². The van der Waals surface area contributed by atoms with Crippen molar-refractivity contribution < 1.29 is 0 Å². The number of hydrogen-bond donors (Lipinski definition) is 1. The Morgan fingerprint density at radius 1 is 1.54 bits per heavy atom. The minimum absolute atomic E-state index is 0.730. The largest absolute Gasteiger partial charge is 0.307 e. The fraction of sp³-hybridized carbons (Fsp3) is 0.600. The average molecular weight is 177 g/mol. The molecule has 1 aliphatic rings. The number of nitrogens with zero attached hydrogens (tertiary/aromatic N) is 2. The summed E-state index contributed by atoms with van der Waals surface area (Å²) in [5.41, 5.74) is 1.13. The molecular formula is C10H15N3. The minimum Gasteiger partial charge on any atom is -0.307 e. The molecule has 0 saturated heterocycles. The molecule has 1 heterocycles. The number of rotatable bonds is 4. The van der Waals surface area contributed by atoms with Gasteiger partial charge in [0.15, 0.2) is 0 Å². The number of hydrogen-bond acceptors (Lipinski definition) is 3. The molecule has 0 aliphatic heterocycles. The Balaban J connectivity index is 1.93. The van der Waals surface area contributed by atoms with Gasteiger partial charge in [0.25, 0.3) is 0 Å². The minimum atomic E-state index is 0.730. The van der Waals surface area contributed by atoms with Crippen molar-refractivity contribution in [3.05, 3.63) is 23.8 Å². The van der Waals surface area contributed by atoms with Gasteiger partial charge in [0, 0.05) is 17.9 Å². The average Bonchev–Trinajstić information content (AvgIpc) is 2.99. The van der Waals surface area contributed by atoms with Crippen molar-refractivity contribution in [1.82, 2.24) is 15.3 Å². The third-order valence-corrected chi connectivity index (χ3v) is 2.25. The molecule has 1 saturated carbocycles. The summed E-state index contributed by atoms with van der Waals surface area (Å²) in [5, 5.41) is 3.40. The Kier molecular flexibility index (Phi) is 2.54. The predicted octanol–water partition coefficient (Wildman–Crippen LogP) is 1.29. The van der Waals surface area contributed by atoms with E-state index in [-0.39, 0.29) is 0 Å². The van der Waals surface area contributed by atoms with Crippen LogP contribution in [0.3, 0.4) is 0 Å². The molecule has 0 radical (unpaired) electrons. The number of aryl methyl sites for hydroxylation is 1. The maximum absolute atomic E-state index is 4.42. The molecule has 0 atom stereocenters. The molecule has 1 N–H and O–H groups in total. The SMILES string of the molecule is CCc1ccnc(CNC2CC2)n1. The molecule has 70 valence electrons. The lowest BCUT2D eigenvalue weighted by atomic mass is 10.3. The fourth-order valence-corrected chi connectivity index (χ4v) is 1.25. The highest BCUT2D eigenvalue weighted by molar-refractivity contribution is 5.02. The molecule has 1 aromatic heterocycles. The molecule has 1 fully saturated rings. The van der Waals surface area contributed by atoms with Crippen LogP contribution in [0.4, 0.5) is 0 Å². The topological polar surface area (TPSA) is 37.8 Å². The molecule has 2 rings (SSSR count). The Morgan fingerprint density at radius 2 is 2.38 bits per heavy atom. The van der Waals surface area contributed by atoms with Gasteiger partial charge in [-0.3, -0.25) is 0 Å². The van der Waals surface area contributed by atoms with Crippen LogP contribution in [0.15, 0.2) is 12.3 Å². The summed E-state index contributed by atoms with van der Waals surface area (Å²) in [5.74, 6) is 0.922. The molecule has 0 aromatic carbocycles. The third kappa shape index (κ3) is 2.49. The third-order valence-electron chi connectivity index (χ3n) is 2.25. The molecule has 3 heteroatoms. The molecule has 1 aliphatic carbocycles. The summed E-state index contributed by atoms with van der Waals surface area (Å²) >= 11 is 0.